The van der Waals surface area contributed by atoms with E-state index in [0.29, 0.717) is 0 Å². The third-order valence-electron chi connectivity index (χ3n) is 13.2. The minimum Gasteiger partial charge on any atom is -0.455 e. The van der Waals surface area contributed by atoms with Crippen LogP contribution in [0.3, 0.4) is 0 Å². The molecule has 11 rings (SSSR count). The van der Waals surface area contributed by atoms with E-state index in [2.05, 4.69) is 225 Å². The van der Waals surface area contributed by atoms with Crippen LogP contribution in [-0.4, -0.2) is 4.98 Å². The van der Waals surface area contributed by atoms with Gasteiger partial charge in [-0.25, -0.2) is 0 Å². The maximum atomic E-state index is 6.44. The molecule has 318 valence electrons. The van der Waals surface area contributed by atoms with Gasteiger partial charge in [0.05, 0.1) is 5.52 Å². The van der Waals surface area contributed by atoms with E-state index in [9.17, 15) is 0 Å². The van der Waals surface area contributed by atoms with Gasteiger partial charge in [0.15, 0.2) is 0 Å². The molecule has 0 aliphatic rings. The number of hydrogen-bond donors (Lipinski definition) is 1. The van der Waals surface area contributed by atoms with Crippen LogP contribution in [-0.2, 0) is 0 Å². The number of hydrogen-bond acceptors (Lipinski definition) is 2. The maximum absolute atomic E-state index is 6.44. The molecular weight excluding hydrogens is 801 g/mol. The van der Waals surface area contributed by atoms with E-state index < -0.39 is 0 Å². The van der Waals surface area contributed by atoms with Crippen molar-refractivity contribution in [3.63, 3.8) is 0 Å². The Balaban J connectivity index is 0.955. The van der Waals surface area contributed by atoms with Crippen LogP contribution >= 0.6 is 0 Å². The number of benzene rings is 9. The van der Waals surface area contributed by atoms with Gasteiger partial charge in [-0.05, 0) is 124 Å². The summed E-state index contributed by atoms with van der Waals surface area (Å²) in [4.78, 5) is 6.14. The molecular formula is C63H50N2O. The van der Waals surface area contributed by atoms with Gasteiger partial charge in [-0.3, -0.25) is 0 Å². The average molecular weight is 851 g/mol. The Hall–Kier alpha value is -8.14. The zero-order valence-electron chi connectivity index (χ0n) is 37.6. The van der Waals surface area contributed by atoms with Gasteiger partial charge in [-0.15, -0.1) is 0 Å². The molecule has 0 bridgehead atoms. The van der Waals surface area contributed by atoms with Crippen molar-refractivity contribution in [2.75, 3.05) is 4.90 Å². The van der Waals surface area contributed by atoms with Crippen LogP contribution in [0, 0.1) is 13.8 Å². The number of H-pyrrole nitrogens is 1. The Morgan fingerprint density at radius 3 is 1.88 bits per heavy atom. The largest absolute Gasteiger partial charge is 0.455 e. The van der Waals surface area contributed by atoms with Crippen molar-refractivity contribution in [2.45, 2.75) is 33.6 Å². The predicted molar refractivity (Wildman–Crippen MR) is 282 cm³/mol. The molecule has 66 heavy (non-hydrogen) atoms. The molecule has 0 atom stereocenters. The first-order valence-corrected chi connectivity index (χ1v) is 23.0. The fourth-order valence-electron chi connectivity index (χ4n) is 9.93. The van der Waals surface area contributed by atoms with Crippen molar-refractivity contribution in [1.29, 1.82) is 0 Å². The Morgan fingerprint density at radius 1 is 0.530 bits per heavy atom. The van der Waals surface area contributed by atoms with Crippen LogP contribution in [0.25, 0.3) is 93.8 Å². The van der Waals surface area contributed by atoms with Gasteiger partial charge in [0.1, 0.15) is 11.2 Å². The number of aryl methyl sites for hydroxylation is 2. The number of fused-ring (bicyclic) bond motifs is 6. The topological polar surface area (TPSA) is 32.2 Å². The first-order valence-electron chi connectivity index (χ1n) is 23.0. The number of rotatable bonds is 11. The highest BCUT2D eigenvalue weighted by molar-refractivity contribution is 6.16. The third kappa shape index (κ3) is 7.19. The van der Waals surface area contributed by atoms with Crippen LogP contribution < -0.4 is 4.90 Å². The lowest BCUT2D eigenvalue weighted by Crippen LogP contribution is -2.10. The van der Waals surface area contributed by atoms with E-state index in [-0.39, 0.29) is 0 Å². The molecule has 0 aliphatic carbocycles. The highest BCUT2D eigenvalue weighted by Gasteiger charge is 2.19. The number of unbranched alkanes of at least 4 members (excludes halogenated alkanes) is 1. The standard InChI is InChI=1S/C63H50N2O/c1-5-7-16-43(6-2)54-21-13-24-58-61-53(20-15-25-59(61)64-62(54)58)47-31-37-51(41(3)39-47)52-38-36-50(40-42(52)4)65(48-32-27-45(28-33-48)44-17-9-8-10-18-44)49-34-29-46(30-35-49)55-22-14-23-57-56-19-11-12-26-60(56)66-63(55)57/h6,8-40,64H,2,5,7H2,1,3-4H3/b43-16+. The summed E-state index contributed by atoms with van der Waals surface area (Å²) in [5, 5.41) is 4.74. The second kappa shape index (κ2) is 17.1. The molecule has 0 radical (unpaired) electrons. The second-order valence-electron chi connectivity index (χ2n) is 17.3. The van der Waals surface area contributed by atoms with Crippen LogP contribution in [0.2, 0.25) is 0 Å². The van der Waals surface area contributed by atoms with Gasteiger partial charge in [0, 0.05) is 55.3 Å². The lowest BCUT2D eigenvalue weighted by Gasteiger charge is -2.27. The summed E-state index contributed by atoms with van der Waals surface area (Å²) >= 11 is 0. The van der Waals surface area contributed by atoms with E-state index in [1.165, 1.54) is 66.4 Å². The molecule has 0 saturated carbocycles. The Morgan fingerprint density at radius 2 is 1.14 bits per heavy atom. The molecule has 2 heterocycles. The summed E-state index contributed by atoms with van der Waals surface area (Å²) < 4.78 is 6.44. The zero-order chi connectivity index (χ0) is 44.7. The Bertz CT molecular complexity index is 3620. The number of nitrogens with one attached hydrogen (secondary N) is 1. The fraction of sp³-hybridized carbons (Fsp3) is 0.0794. The van der Waals surface area contributed by atoms with Gasteiger partial charge >= 0.3 is 0 Å². The number of anilines is 3. The van der Waals surface area contributed by atoms with E-state index >= 15 is 0 Å². The fourth-order valence-corrected chi connectivity index (χ4v) is 9.93. The molecule has 3 nitrogen and oxygen atoms in total. The highest BCUT2D eigenvalue weighted by atomic mass is 16.3. The van der Waals surface area contributed by atoms with E-state index in [0.717, 1.165) is 74.0 Å². The first-order chi connectivity index (χ1) is 32.5. The number of furan rings is 1. The summed E-state index contributed by atoms with van der Waals surface area (Å²) in [5.41, 5.74) is 21.7. The molecule has 3 heteroatoms. The summed E-state index contributed by atoms with van der Waals surface area (Å²) in [5.74, 6) is 0. The van der Waals surface area contributed by atoms with E-state index in [1.807, 2.05) is 18.2 Å². The number of aromatic amines is 1. The van der Waals surface area contributed by atoms with E-state index in [1.54, 1.807) is 0 Å². The Kier molecular flexibility index (Phi) is 10.5. The minimum absolute atomic E-state index is 0.905. The average Bonchev–Trinajstić information content (AvgIpc) is 3.95. The summed E-state index contributed by atoms with van der Waals surface area (Å²) in [6, 6.07) is 70.1. The molecule has 0 aliphatic heterocycles. The smallest absolute Gasteiger partial charge is 0.143 e. The van der Waals surface area contributed by atoms with Crippen molar-refractivity contribution >= 4 is 66.4 Å². The summed E-state index contributed by atoms with van der Waals surface area (Å²) in [7, 11) is 0. The summed E-state index contributed by atoms with van der Waals surface area (Å²) in [6.45, 7) is 10.8. The van der Waals surface area contributed by atoms with Crippen LogP contribution in [0.1, 0.15) is 36.5 Å². The monoisotopic (exact) mass is 850 g/mol. The van der Waals surface area contributed by atoms with Gasteiger partial charge in [-0.2, -0.15) is 0 Å². The lowest BCUT2D eigenvalue weighted by molar-refractivity contribution is 0.670. The quantitative estimate of drug-likeness (QED) is 0.132. The van der Waals surface area contributed by atoms with Gasteiger partial charge in [0.2, 0.25) is 0 Å². The molecule has 0 fully saturated rings. The van der Waals surface area contributed by atoms with Crippen LogP contribution in [0.15, 0.2) is 217 Å². The van der Waals surface area contributed by atoms with Crippen molar-refractivity contribution < 1.29 is 4.42 Å². The number of aromatic nitrogens is 1. The minimum atomic E-state index is 0.905. The van der Waals surface area contributed by atoms with Crippen molar-refractivity contribution in [3.05, 3.63) is 230 Å². The lowest BCUT2D eigenvalue weighted by atomic mass is 9.91. The van der Waals surface area contributed by atoms with Gasteiger partial charge in [-0.1, -0.05) is 178 Å². The molecule has 11 aromatic rings. The van der Waals surface area contributed by atoms with Crippen LogP contribution in [0.4, 0.5) is 17.1 Å². The molecule has 0 saturated heterocycles. The highest BCUT2D eigenvalue weighted by Crippen LogP contribution is 2.43. The molecule has 1 N–H and O–H groups in total. The van der Waals surface area contributed by atoms with Crippen molar-refractivity contribution in [1.82, 2.24) is 4.98 Å². The van der Waals surface area contributed by atoms with Crippen LogP contribution in [0.5, 0.6) is 0 Å². The normalized spacial score (nSPS) is 11.8. The third-order valence-corrected chi connectivity index (χ3v) is 13.2. The number of para-hydroxylation sites is 3. The molecule has 0 spiro atoms. The molecule has 0 amide bonds. The maximum Gasteiger partial charge on any atom is 0.143 e. The number of nitrogens with zero attached hydrogens (tertiary/aromatic N) is 1. The molecule has 2 aromatic heterocycles. The zero-order valence-corrected chi connectivity index (χ0v) is 37.6. The first kappa shape index (κ1) is 40.6. The van der Waals surface area contributed by atoms with Crippen molar-refractivity contribution in [2.24, 2.45) is 0 Å². The molecule has 0 unspecified atom stereocenters. The van der Waals surface area contributed by atoms with Gasteiger partial charge in [0.25, 0.3) is 0 Å². The van der Waals surface area contributed by atoms with Crippen molar-refractivity contribution in [3.8, 4) is 44.5 Å². The SMILES string of the molecule is C=C/C(=C\CCC)c1cccc2c1[nH]c1cccc(-c3ccc(-c4ccc(N(c5ccc(-c6ccccc6)cc5)c5ccc(-c6cccc7c6oc6ccccc67)cc5)cc4C)c(C)c3)c12. The van der Waals surface area contributed by atoms with E-state index in [4.69, 9.17) is 4.42 Å². The van der Waals surface area contributed by atoms with Gasteiger partial charge < -0.3 is 14.3 Å². The number of allylic oxidation sites excluding steroid dienone is 3. The predicted octanol–water partition coefficient (Wildman–Crippen LogP) is 18.3. The molecule has 9 aromatic carbocycles. The second-order valence-corrected chi connectivity index (χ2v) is 17.3. The Labute approximate surface area is 386 Å². The summed E-state index contributed by atoms with van der Waals surface area (Å²) in [6.07, 6.45) is 6.41.